The first-order chi connectivity index (χ1) is 7.94. The van der Waals surface area contributed by atoms with Gasteiger partial charge < -0.3 is 10.6 Å². The minimum absolute atomic E-state index is 0.143. The third-order valence-electron chi connectivity index (χ3n) is 3.26. The number of hydrogen-bond acceptors (Lipinski definition) is 4. The van der Waals surface area contributed by atoms with Crippen LogP contribution in [0.3, 0.4) is 0 Å². The summed E-state index contributed by atoms with van der Waals surface area (Å²) in [6.07, 6.45) is 1.61. The average Bonchev–Trinajstić information content (AvgIpc) is 2.73. The Balaban J connectivity index is 2.28. The van der Waals surface area contributed by atoms with Crippen molar-refractivity contribution in [2.75, 3.05) is 31.9 Å². The lowest BCUT2D eigenvalue weighted by atomic mass is 10.1. The number of nitrogens with two attached hydrogens (primary N) is 1. The van der Waals surface area contributed by atoms with Gasteiger partial charge in [-0.1, -0.05) is 0 Å². The molecule has 1 unspecified atom stereocenters. The van der Waals surface area contributed by atoms with Crippen molar-refractivity contribution < 1.29 is 8.42 Å². The second kappa shape index (κ2) is 6.68. The molecule has 0 aromatic heterocycles. The summed E-state index contributed by atoms with van der Waals surface area (Å²) < 4.78 is 25.8. The van der Waals surface area contributed by atoms with E-state index in [1.807, 2.05) is 0 Å². The molecule has 0 radical (unpaired) electrons. The number of rotatable bonds is 7. The van der Waals surface area contributed by atoms with Crippen LogP contribution in [0.4, 0.5) is 0 Å². The monoisotopic (exact) mass is 263 g/mol. The van der Waals surface area contributed by atoms with Crippen molar-refractivity contribution in [3.63, 3.8) is 0 Å². The molecule has 102 valence electrons. The van der Waals surface area contributed by atoms with Gasteiger partial charge in [-0.15, -0.1) is 0 Å². The summed E-state index contributed by atoms with van der Waals surface area (Å²) in [5, 5.41) is 0. The molecular weight excluding hydrogens is 238 g/mol. The summed E-state index contributed by atoms with van der Waals surface area (Å²) in [6.45, 7) is 7.41. The number of hydrogen-bond donors (Lipinski definition) is 2. The van der Waals surface area contributed by atoms with Crippen molar-refractivity contribution in [2.45, 2.75) is 32.7 Å². The Morgan fingerprint density at radius 1 is 1.47 bits per heavy atom. The molecule has 0 amide bonds. The smallest absolute Gasteiger partial charge is 0.211 e. The summed E-state index contributed by atoms with van der Waals surface area (Å²) in [5.41, 5.74) is 5.31. The summed E-state index contributed by atoms with van der Waals surface area (Å²) in [6, 6.07) is 0.550. The van der Waals surface area contributed by atoms with Gasteiger partial charge in [0, 0.05) is 19.1 Å². The average molecular weight is 263 g/mol. The quantitative estimate of drug-likeness (QED) is 0.677. The molecule has 1 heterocycles. The molecule has 0 aliphatic carbocycles. The SMILES string of the molecule is CC(C)N1CCC(CNS(=O)(=O)CCCN)C1. The predicted molar refractivity (Wildman–Crippen MR) is 70.3 cm³/mol. The van der Waals surface area contributed by atoms with E-state index in [2.05, 4.69) is 23.5 Å². The first kappa shape index (κ1) is 14.9. The lowest BCUT2D eigenvalue weighted by Crippen LogP contribution is -2.34. The van der Waals surface area contributed by atoms with Crippen molar-refractivity contribution >= 4 is 10.0 Å². The standard InChI is InChI=1S/C11H25N3O2S/c1-10(2)14-6-4-11(9-14)8-13-17(15,16)7-3-5-12/h10-11,13H,3-9,12H2,1-2H3. The Bertz CT molecular complexity index is 317. The van der Waals surface area contributed by atoms with Gasteiger partial charge in [0.25, 0.3) is 0 Å². The maximum atomic E-state index is 11.6. The van der Waals surface area contributed by atoms with E-state index in [0.717, 1.165) is 19.5 Å². The molecule has 3 N–H and O–H groups in total. The number of sulfonamides is 1. The van der Waals surface area contributed by atoms with Crippen LogP contribution >= 0.6 is 0 Å². The van der Waals surface area contributed by atoms with Gasteiger partial charge in [-0.2, -0.15) is 0 Å². The number of likely N-dealkylation sites (tertiary alicyclic amines) is 1. The van der Waals surface area contributed by atoms with Crippen molar-refractivity contribution in [1.82, 2.24) is 9.62 Å². The third-order valence-corrected chi connectivity index (χ3v) is 4.69. The molecule has 17 heavy (non-hydrogen) atoms. The molecule has 1 saturated heterocycles. The van der Waals surface area contributed by atoms with Crippen LogP contribution in [-0.2, 0) is 10.0 Å². The Kier molecular flexibility index (Phi) is 5.85. The van der Waals surface area contributed by atoms with Crippen LogP contribution in [0.5, 0.6) is 0 Å². The second-order valence-electron chi connectivity index (χ2n) is 5.05. The Labute approximate surface area is 105 Å². The van der Waals surface area contributed by atoms with Crippen LogP contribution in [0.2, 0.25) is 0 Å². The van der Waals surface area contributed by atoms with E-state index >= 15 is 0 Å². The second-order valence-corrected chi connectivity index (χ2v) is 6.98. The van der Waals surface area contributed by atoms with E-state index in [1.165, 1.54) is 0 Å². The van der Waals surface area contributed by atoms with Crippen molar-refractivity contribution in [3.8, 4) is 0 Å². The van der Waals surface area contributed by atoms with E-state index in [0.29, 0.717) is 31.5 Å². The Morgan fingerprint density at radius 2 is 2.18 bits per heavy atom. The van der Waals surface area contributed by atoms with Crippen molar-refractivity contribution in [3.05, 3.63) is 0 Å². The zero-order valence-electron chi connectivity index (χ0n) is 10.9. The predicted octanol–water partition coefficient (Wildman–Crippen LogP) is -0.0151. The van der Waals surface area contributed by atoms with Gasteiger partial charge in [-0.3, -0.25) is 0 Å². The minimum atomic E-state index is -3.12. The van der Waals surface area contributed by atoms with Gasteiger partial charge in [0.05, 0.1) is 5.75 Å². The molecular formula is C11H25N3O2S. The molecule has 5 nitrogen and oxygen atoms in total. The van der Waals surface area contributed by atoms with Crippen molar-refractivity contribution in [2.24, 2.45) is 11.7 Å². The first-order valence-electron chi connectivity index (χ1n) is 6.36. The van der Waals surface area contributed by atoms with Crippen LogP contribution in [-0.4, -0.2) is 51.3 Å². The minimum Gasteiger partial charge on any atom is -0.330 e. The highest BCUT2D eigenvalue weighted by Gasteiger charge is 2.25. The fourth-order valence-electron chi connectivity index (χ4n) is 2.09. The highest BCUT2D eigenvalue weighted by Crippen LogP contribution is 2.17. The van der Waals surface area contributed by atoms with Crippen LogP contribution in [0, 0.1) is 5.92 Å². The normalized spacial score (nSPS) is 22.5. The first-order valence-corrected chi connectivity index (χ1v) is 8.01. The lowest BCUT2D eigenvalue weighted by Gasteiger charge is -2.20. The largest absolute Gasteiger partial charge is 0.330 e. The molecule has 0 bridgehead atoms. The summed E-state index contributed by atoms with van der Waals surface area (Å²) in [4.78, 5) is 2.39. The lowest BCUT2D eigenvalue weighted by molar-refractivity contribution is 0.265. The van der Waals surface area contributed by atoms with Crippen molar-refractivity contribution in [1.29, 1.82) is 0 Å². The summed E-state index contributed by atoms with van der Waals surface area (Å²) in [5.74, 6) is 0.592. The van der Waals surface area contributed by atoms with E-state index in [4.69, 9.17) is 5.73 Å². The van der Waals surface area contributed by atoms with E-state index in [1.54, 1.807) is 0 Å². The molecule has 6 heteroatoms. The maximum Gasteiger partial charge on any atom is 0.211 e. The third kappa shape index (κ3) is 5.33. The molecule has 0 aromatic carbocycles. The van der Waals surface area contributed by atoms with Crippen LogP contribution in [0.15, 0.2) is 0 Å². The molecule has 0 aromatic rings. The van der Waals surface area contributed by atoms with Crippen LogP contribution in [0.1, 0.15) is 26.7 Å². The van der Waals surface area contributed by atoms with Crippen LogP contribution in [0.25, 0.3) is 0 Å². The molecule has 1 aliphatic rings. The van der Waals surface area contributed by atoms with E-state index in [-0.39, 0.29) is 5.75 Å². The highest BCUT2D eigenvalue weighted by molar-refractivity contribution is 7.89. The van der Waals surface area contributed by atoms with Gasteiger partial charge in [0.15, 0.2) is 0 Å². The Hall–Kier alpha value is -0.170. The van der Waals surface area contributed by atoms with Gasteiger partial charge in [0.2, 0.25) is 10.0 Å². The molecule has 0 saturated carbocycles. The molecule has 1 rings (SSSR count). The fraction of sp³-hybridized carbons (Fsp3) is 1.00. The molecule has 1 aliphatic heterocycles. The van der Waals surface area contributed by atoms with E-state index < -0.39 is 10.0 Å². The van der Waals surface area contributed by atoms with Gasteiger partial charge in [-0.05, 0) is 45.7 Å². The molecule has 0 spiro atoms. The maximum absolute atomic E-state index is 11.6. The van der Waals surface area contributed by atoms with Gasteiger partial charge >= 0.3 is 0 Å². The topological polar surface area (TPSA) is 75.4 Å². The fourth-order valence-corrected chi connectivity index (χ4v) is 3.27. The number of nitrogens with one attached hydrogen (secondary N) is 1. The van der Waals surface area contributed by atoms with Gasteiger partial charge in [0.1, 0.15) is 0 Å². The summed E-state index contributed by atoms with van der Waals surface area (Å²) in [7, 11) is -3.12. The zero-order chi connectivity index (χ0) is 12.9. The van der Waals surface area contributed by atoms with Gasteiger partial charge in [-0.25, -0.2) is 13.1 Å². The molecule has 1 atom stereocenters. The highest BCUT2D eigenvalue weighted by atomic mass is 32.2. The summed E-state index contributed by atoms with van der Waals surface area (Å²) >= 11 is 0. The van der Waals surface area contributed by atoms with E-state index in [9.17, 15) is 8.42 Å². The zero-order valence-corrected chi connectivity index (χ0v) is 11.7. The molecule has 1 fully saturated rings. The Morgan fingerprint density at radius 3 is 2.71 bits per heavy atom. The number of nitrogens with zero attached hydrogens (tertiary/aromatic N) is 1. The van der Waals surface area contributed by atoms with Crippen LogP contribution < -0.4 is 10.5 Å².